The summed E-state index contributed by atoms with van der Waals surface area (Å²) in [6, 6.07) is 7.36. The third-order valence-corrected chi connectivity index (χ3v) is 3.05. The monoisotopic (exact) mass is 297 g/mol. The molecule has 1 N–H and O–H groups in total. The normalized spacial score (nSPS) is 10.4. The van der Waals surface area contributed by atoms with Crippen LogP contribution in [0.15, 0.2) is 36.4 Å². The van der Waals surface area contributed by atoms with Crippen molar-refractivity contribution in [3.63, 3.8) is 0 Å². The molecule has 0 aromatic heterocycles. The van der Waals surface area contributed by atoms with Crippen LogP contribution in [-0.2, 0) is 0 Å². The number of rotatable bonds is 2. The molecule has 2 aromatic rings. The van der Waals surface area contributed by atoms with Gasteiger partial charge >= 0.3 is 0 Å². The van der Waals surface area contributed by atoms with Gasteiger partial charge < -0.3 is 10.0 Å². The van der Waals surface area contributed by atoms with E-state index in [1.807, 2.05) is 0 Å². The summed E-state index contributed by atoms with van der Waals surface area (Å²) in [4.78, 5) is 13.2. The Kier molecular flexibility index (Phi) is 3.90. The van der Waals surface area contributed by atoms with Gasteiger partial charge in [0.15, 0.2) is 0 Å². The fourth-order valence-electron chi connectivity index (χ4n) is 1.69. The quantitative estimate of drug-likeness (QED) is 0.860. The number of halogens is 3. The van der Waals surface area contributed by atoms with Gasteiger partial charge in [0, 0.05) is 18.8 Å². The summed E-state index contributed by atoms with van der Waals surface area (Å²) in [7, 11) is 1.39. The minimum Gasteiger partial charge on any atom is -0.508 e. The summed E-state index contributed by atoms with van der Waals surface area (Å²) in [6.07, 6.45) is 0. The number of hydrogen-bond donors (Lipinski definition) is 1. The van der Waals surface area contributed by atoms with E-state index in [1.54, 1.807) is 6.07 Å². The zero-order chi connectivity index (χ0) is 14.9. The molecule has 0 radical (unpaired) electrons. The molecule has 0 unspecified atom stereocenters. The van der Waals surface area contributed by atoms with Crippen molar-refractivity contribution in [2.75, 3.05) is 11.9 Å². The summed E-state index contributed by atoms with van der Waals surface area (Å²) in [5.41, 5.74) is -0.0810. The van der Waals surface area contributed by atoms with Crippen LogP contribution in [-0.4, -0.2) is 18.1 Å². The molecule has 104 valence electrons. The lowest BCUT2D eigenvalue weighted by atomic mass is 10.1. The molecule has 2 rings (SSSR count). The summed E-state index contributed by atoms with van der Waals surface area (Å²) in [6.45, 7) is 0. The summed E-state index contributed by atoms with van der Waals surface area (Å²) in [5.74, 6) is -2.57. The Hall–Kier alpha value is -2.14. The van der Waals surface area contributed by atoms with Crippen molar-refractivity contribution < 1.29 is 18.7 Å². The smallest absolute Gasteiger partial charge is 0.261 e. The third kappa shape index (κ3) is 2.72. The van der Waals surface area contributed by atoms with Gasteiger partial charge in [-0.15, -0.1) is 0 Å². The van der Waals surface area contributed by atoms with Crippen molar-refractivity contribution in [2.45, 2.75) is 0 Å². The number of benzene rings is 2. The van der Waals surface area contributed by atoms with Crippen molar-refractivity contribution >= 4 is 23.2 Å². The van der Waals surface area contributed by atoms with E-state index >= 15 is 0 Å². The average molecular weight is 298 g/mol. The number of nitrogens with zero attached hydrogens (tertiary/aromatic N) is 1. The van der Waals surface area contributed by atoms with Gasteiger partial charge in [0.05, 0.1) is 10.6 Å². The van der Waals surface area contributed by atoms with Gasteiger partial charge in [-0.1, -0.05) is 17.7 Å². The van der Waals surface area contributed by atoms with Crippen LogP contribution in [0.3, 0.4) is 0 Å². The van der Waals surface area contributed by atoms with Gasteiger partial charge in [0.1, 0.15) is 17.4 Å². The molecular formula is C14H10ClF2NO2. The average Bonchev–Trinajstić information content (AvgIpc) is 2.41. The Balaban J connectivity index is 2.39. The number of carbonyl (C=O) groups excluding carboxylic acids is 1. The predicted octanol–water partition coefficient (Wildman–Crippen LogP) is 3.60. The van der Waals surface area contributed by atoms with Crippen molar-refractivity contribution in [1.82, 2.24) is 0 Å². The topological polar surface area (TPSA) is 40.5 Å². The summed E-state index contributed by atoms with van der Waals surface area (Å²) in [5, 5.41) is 8.97. The number of aromatic hydroxyl groups is 1. The first kappa shape index (κ1) is 14.3. The first-order chi connectivity index (χ1) is 9.40. The van der Waals surface area contributed by atoms with Crippen LogP contribution < -0.4 is 4.90 Å². The van der Waals surface area contributed by atoms with Gasteiger partial charge in [-0.3, -0.25) is 4.79 Å². The van der Waals surface area contributed by atoms with Crippen molar-refractivity contribution in [1.29, 1.82) is 0 Å². The highest BCUT2D eigenvalue weighted by Gasteiger charge is 2.20. The zero-order valence-electron chi connectivity index (χ0n) is 10.4. The molecule has 0 saturated heterocycles. The van der Waals surface area contributed by atoms with Gasteiger partial charge in [-0.2, -0.15) is 0 Å². The zero-order valence-corrected chi connectivity index (χ0v) is 11.2. The molecule has 0 bridgehead atoms. The highest BCUT2D eigenvalue weighted by molar-refractivity contribution is 6.30. The lowest BCUT2D eigenvalue weighted by molar-refractivity contribution is 0.0988. The molecule has 2 aromatic carbocycles. The van der Waals surface area contributed by atoms with Crippen LogP contribution in [0.4, 0.5) is 14.5 Å². The Morgan fingerprint density at radius 1 is 1.20 bits per heavy atom. The second kappa shape index (κ2) is 5.46. The standard InChI is InChI=1S/C14H10ClF2NO2/c1-18(8-3-2-4-9(19)5-8)14(20)10-6-13(17)11(15)7-12(10)16/h2-7,19H,1H3. The van der Waals surface area contributed by atoms with Crippen LogP contribution in [0.25, 0.3) is 0 Å². The lowest BCUT2D eigenvalue weighted by Gasteiger charge is -2.18. The number of anilines is 1. The minimum atomic E-state index is -0.909. The second-order valence-corrected chi connectivity index (χ2v) is 4.54. The largest absolute Gasteiger partial charge is 0.508 e. The second-order valence-electron chi connectivity index (χ2n) is 4.13. The van der Waals surface area contributed by atoms with Crippen LogP contribution in [0, 0.1) is 11.6 Å². The molecule has 0 spiro atoms. The maximum Gasteiger partial charge on any atom is 0.261 e. The van der Waals surface area contributed by atoms with Gasteiger partial charge in [-0.25, -0.2) is 8.78 Å². The van der Waals surface area contributed by atoms with E-state index in [-0.39, 0.29) is 10.8 Å². The van der Waals surface area contributed by atoms with Gasteiger partial charge in [-0.05, 0) is 24.3 Å². The van der Waals surface area contributed by atoms with Crippen LogP contribution in [0.5, 0.6) is 5.75 Å². The van der Waals surface area contributed by atoms with Crippen LogP contribution >= 0.6 is 11.6 Å². The Morgan fingerprint density at radius 3 is 2.55 bits per heavy atom. The molecular weight excluding hydrogens is 288 g/mol. The van der Waals surface area contributed by atoms with Crippen LogP contribution in [0.1, 0.15) is 10.4 Å². The number of phenols is 1. The number of phenolic OH excluding ortho intramolecular Hbond substituents is 1. The first-order valence-corrected chi connectivity index (χ1v) is 5.99. The van der Waals surface area contributed by atoms with Crippen molar-refractivity contribution in [3.8, 4) is 5.75 Å². The van der Waals surface area contributed by atoms with E-state index < -0.39 is 23.1 Å². The van der Waals surface area contributed by atoms with E-state index in [2.05, 4.69) is 0 Å². The van der Waals surface area contributed by atoms with E-state index in [4.69, 9.17) is 11.6 Å². The molecule has 3 nitrogen and oxygen atoms in total. The van der Waals surface area contributed by atoms with Gasteiger partial charge in [0.2, 0.25) is 0 Å². The maximum absolute atomic E-state index is 13.7. The third-order valence-electron chi connectivity index (χ3n) is 2.76. The molecule has 0 heterocycles. The lowest BCUT2D eigenvalue weighted by Crippen LogP contribution is -2.27. The molecule has 0 saturated carbocycles. The molecule has 1 amide bonds. The molecule has 0 atom stereocenters. The molecule has 6 heteroatoms. The fourth-order valence-corrected chi connectivity index (χ4v) is 1.84. The van der Waals surface area contributed by atoms with E-state index in [9.17, 15) is 18.7 Å². The Labute approximate surface area is 119 Å². The minimum absolute atomic E-state index is 0.0371. The molecule has 0 aliphatic carbocycles. The molecule has 20 heavy (non-hydrogen) atoms. The van der Waals surface area contributed by atoms with Gasteiger partial charge in [0.25, 0.3) is 5.91 Å². The SMILES string of the molecule is CN(C(=O)c1cc(F)c(Cl)cc1F)c1cccc(O)c1. The molecule has 0 fully saturated rings. The number of amides is 1. The van der Waals surface area contributed by atoms with E-state index in [1.165, 1.54) is 25.2 Å². The highest BCUT2D eigenvalue weighted by Crippen LogP contribution is 2.24. The summed E-state index contributed by atoms with van der Waals surface area (Å²) >= 11 is 5.44. The van der Waals surface area contributed by atoms with Crippen LogP contribution in [0.2, 0.25) is 5.02 Å². The number of carbonyl (C=O) groups is 1. The van der Waals surface area contributed by atoms with E-state index in [0.29, 0.717) is 5.69 Å². The van der Waals surface area contributed by atoms with E-state index in [0.717, 1.165) is 17.0 Å². The fraction of sp³-hybridized carbons (Fsp3) is 0.0714. The van der Waals surface area contributed by atoms with Crippen molar-refractivity contribution in [3.05, 3.63) is 58.6 Å². The predicted molar refractivity (Wildman–Crippen MR) is 72.2 cm³/mol. The first-order valence-electron chi connectivity index (χ1n) is 5.62. The maximum atomic E-state index is 13.7. The molecule has 0 aliphatic rings. The Bertz CT molecular complexity index is 676. The number of hydrogen-bond acceptors (Lipinski definition) is 2. The highest BCUT2D eigenvalue weighted by atomic mass is 35.5. The summed E-state index contributed by atoms with van der Waals surface area (Å²) < 4.78 is 27.0. The Morgan fingerprint density at radius 2 is 1.90 bits per heavy atom. The molecule has 0 aliphatic heterocycles. The van der Waals surface area contributed by atoms with Crippen molar-refractivity contribution in [2.24, 2.45) is 0 Å².